The van der Waals surface area contributed by atoms with Gasteiger partial charge in [-0.3, -0.25) is 14.7 Å². The number of Topliss-reactive ketones (excluding diaryl/α,β-unsaturated/α-hetero) is 1. The van der Waals surface area contributed by atoms with Crippen LogP contribution in [0, 0.1) is 23.0 Å². The van der Waals surface area contributed by atoms with Crippen molar-refractivity contribution in [1.82, 2.24) is 15.1 Å². The van der Waals surface area contributed by atoms with E-state index in [1.165, 1.54) is 0 Å². The molecule has 2 amide bonds. The van der Waals surface area contributed by atoms with E-state index in [1.54, 1.807) is 18.7 Å². The Morgan fingerprint density at radius 1 is 1.26 bits per heavy atom. The number of hydrogen-bond acceptors (Lipinski definition) is 6. The molecule has 0 radical (unpaired) electrons. The largest absolute Gasteiger partial charge is 0.447 e. The number of benzene rings is 1. The Balaban J connectivity index is 1.61. The quantitative estimate of drug-likeness (QED) is 0.297. The molecule has 3 rings (SSSR count). The maximum atomic E-state index is 14.0. The zero-order valence-corrected chi connectivity index (χ0v) is 19.3. The molecular formula is C22H24ClF2N5O4. The number of carbonyl (C=O) groups excluding carboxylic acids is 3. The van der Waals surface area contributed by atoms with Crippen molar-refractivity contribution in [3.63, 3.8) is 0 Å². The minimum Gasteiger partial charge on any atom is -0.447 e. The summed E-state index contributed by atoms with van der Waals surface area (Å²) in [5.74, 6) is -3.75. The predicted octanol–water partition coefficient (Wildman–Crippen LogP) is 4.44. The maximum Gasteiger partial charge on any atom is 0.410 e. The minimum atomic E-state index is -1.07. The van der Waals surface area contributed by atoms with Crippen molar-refractivity contribution in [1.29, 1.82) is 5.41 Å². The third-order valence-corrected chi connectivity index (χ3v) is 5.73. The predicted molar refractivity (Wildman–Crippen MR) is 120 cm³/mol. The number of ketones is 1. The molecule has 0 unspecified atom stereocenters. The molecule has 3 N–H and O–H groups in total. The highest BCUT2D eigenvalue weighted by molar-refractivity contribution is 6.45. The van der Waals surface area contributed by atoms with Crippen LogP contribution in [0.3, 0.4) is 0 Å². The molecule has 9 nitrogen and oxygen atoms in total. The summed E-state index contributed by atoms with van der Waals surface area (Å²) >= 11 is 5.72. The van der Waals surface area contributed by atoms with Gasteiger partial charge >= 0.3 is 6.09 Å². The first-order chi connectivity index (χ1) is 16.1. The number of aromatic nitrogens is 2. The van der Waals surface area contributed by atoms with Gasteiger partial charge in [-0.1, -0.05) is 11.6 Å². The number of H-pyrrole nitrogens is 1. The number of nitrogens with zero attached hydrogens (tertiary/aromatic N) is 2. The van der Waals surface area contributed by atoms with Gasteiger partial charge in [0, 0.05) is 13.1 Å². The Labute approximate surface area is 199 Å². The molecule has 1 aromatic carbocycles. The summed E-state index contributed by atoms with van der Waals surface area (Å²) in [4.78, 5) is 38.9. The van der Waals surface area contributed by atoms with Gasteiger partial charge < -0.3 is 20.4 Å². The Morgan fingerprint density at radius 2 is 1.91 bits per heavy atom. The third kappa shape index (κ3) is 5.77. The fraction of sp³-hybridized carbons (Fsp3) is 0.409. The van der Waals surface area contributed by atoms with E-state index in [1.807, 2.05) is 0 Å². The molecule has 2 aromatic rings. The summed E-state index contributed by atoms with van der Waals surface area (Å²) in [6.07, 6.45) is 1.91. The van der Waals surface area contributed by atoms with Crippen LogP contribution in [0.2, 0.25) is 5.02 Å². The second kappa shape index (κ2) is 10.7. The molecule has 1 aliphatic rings. The van der Waals surface area contributed by atoms with E-state index < -0.39 is 33.9 Å². The van der Waals surface area contributed by atoms with E-state index in [9.17, 15) is 23.2 Å². The van der Waals surface area contributed by atoms with E-state index in [0.717, 1.165) is 18.3 Å². The Bertz CT molecular complexity index is 1110. The molecule has 34 heavy (non-hydrogen) atoms. The molecule has 1 fully saturated rings. The number of ether oxygens (including phenoxy) is 1. The number of amides is 2. The van der Waals surface area contributed by atoms with Crippen LogP contribution in [-0.4, -0.2) is 57.8 Å². The number of nitrogens with one attached hydrogen (secondary N) is 3. The van der Waals surface area contributed by atoms with Gasteiger partial charge in [0.2, 0.25) is 5.78 Å². The summed E-state index contributed by atoms with van der Waals surface area (Å²) in [7, 11) is 0. The summed E-state index contributed by atoms with van der Waals surface area (Å²) in [6.45, 7) is 4.46. The molecule has 182 valence electrons. The topological polar surface area (TPSA) is 128 Å². The number of halogens is 3. The maximum absolute atomic E-state index is 14.0. The Morgan fingerprint density at radius 3 is 2.56 bits per heavy atom. The number of anilines is 1. The zero-order valence-electron chi connectivity index (χ0n) is 18.6. The van der Waals surface area contributed by atoms with E-state index >= 15 is 0 Å². The number of aromatic amines is 1. The highest BCUT2D eigenvalue weighted by Crippen LogP contribution is 2.26. The van der Waals surface area contributed by atoms with Crippen LogP contribution in [0.4, 0.5) is 19.3 Å². The summed E-state index contributed by atoms with van der Waals surface area (Å²) in [5.41, 5.74) is -1.17. The van der Waals surface area contributed by atoms with E-state index in [0.29, 0.717) is 25.9 Å². The number of carbonyl (C=O) groups is 3. The highest BCUT2D eigenvalue weighted by atomic mass is 35.5. The minimum absolute atomic E-state index is 0.0145. The van der Waals surface area contributed by atoms with Crippen LogP contribution < -0.4 is 5.32 Å². The van der Waals surface area contributed by atoms with E-state index in [4.69, 9.17) is 21.7 Å². The van der Waals surface area contributed by atoms with Crippen molar-refractivity contribution in [3.8, 4) is 0 Å². The van der Waals surface area contributed by atoms with Gasteiger partial charge in [-0.15, -0.1) is 0 Å². The van der Waals surface area contributed by atoms with Gasteiger partial charge in [0.15, 0.2) is 0 Å². The van der Waals surface area contributed by atoms with Crippen molar-refractivity contribution < 1.29 is 27.9 Å². The average molecular weight is 496 g/mol. The lowest BCUT2D eigenvalue weighted by Crippen LogP contribution is -2.40. The van der Waals surface area contributed by atoms with Crippen molar-refractivity contribution in [2.75, 3.05) is 18.4 Å². The average Bonchev–Trinajstić information content (AvgIpc) is 3.24. The monoisotopic (exact) mass is 495 g/mol. The molecule has 1 aromatic heterocycles. The zero-order chi connectivity index (χ0) is 25.0. The first-order valence-corrected chi connectivity index (χ1v) is 11.0. The third-order valence-electron chi connectivity index (χ3n) is 5.36. The molecule has 12 heteroatoms. The van der Waals surface area contributed by atoms with Crippen molar-refractivity contribution in [2.24, 2.45) is 5.92 Å². The van der Waals surface area contributed by atoms with E-state index in [-0.39, 0.29) is 41.6 Å². The summed E-state index contributed by atoms with van der Waals surface area (Å²) in [5, 5.41) is 16.0. The second-order valence-electron chi connectivity index (χ2n) is 8.21. The van der Waals surface area contributed by atoms with Crippen LogP contribution in [0.15, 0.2) is 18.3 Å². The van der Waals surface area contributed by atoms with Crippen molar-refractivity contribution in [2.45, 2.75) is 39.2 Å². The van der Waals surface area contributed by atoms with Gasteiger partial charge in [-0.25, -0.2) is 13.6 Å². The van der Waals surface area contributed by atoms with Gasteiger partial charge in [-0.2, -0.15) is 5.10 Å². The SMILES string of the molecule is CC(C)OC(=O)N1CCC(CC(=N)C(=O)c2[nH]ncc2NC(=O)c2c(F)ccc(F)c2Cl)CC1. The van der Waals surface area contributed by atoms with Gasteiger partial charge in [-0.05, 0) is 51.2 Å². The standard InChI is InChI=1S/C22H24ClF2N5O4/c1-11(2)34-22(33)30-7-5-12(6-8-30)9-15(26)20(31)19-16(10-27-29-19)28-21(32)17-13(24)3-4-14(25)18(17)23/h3-4,10-12,26H,5-9H2,1-2H3,(H,27,29)(H,28,32). The van der Waals surface area contributed by atoms with Crippen LogP contribution in [-0.2, 0) is 4.74 Å². The summed E-state index contributed by atoms with van der Waals surface area (Å²) in [6, 6.07) is 1.56. The molecule has 0 aliphatic carbocycles. The second-order valence-corrected chi connectivity index (χ2v) is 8.58. The van der Waals surface area contributed by atoms with Crippen LogP contribution in [0.1, 0.15) is 54.0 Å². The lowest BCUT2D eigenvalue weighted by atomic mass is 9.90. The molecule has 0 saturated carbocycles. The summed E-state index contributed by atoms with van der Waals surface area (Å²) < 4.78 is 32.9. The molecular weight excluding hydrogens is 472 g/mol. The Hall–Kier alpha value is -3.34. The van der Waals surface area contributed by atoms with Crippen molar-refractivity contribution in [3.05, 3.63) is 46.2 Å². The highest BCUT2D eigenvalue weighted by Gasteiger charge is 2.28. The number of likely N-dealkylation sites (tertiary alicyclic amines) is 1. The van der Waals surface area contributed by atoms with Crippen LogP contribution >= 0.6 is 11.6 Å². The first kappa shape index (κ1) is 25.3. The Kier molecular flexibility index (Phi) is 7.98. The van der Waals surface area contributed by atoms with Gasteiger partial charge in [0.05, 0.1) is 34.3 Å². The fourth-order valence-corrected chi connectivity index (χ4v) is 3.84. The molecule has 1 aliphatic heterocycles. The molecule has 0 spiro atoms. The fourth-order valence-electron chi connectivity index (χ4n) is 3.60. The van der Waals surface area contributed by atoms with Crippen LogP contribution in [0.25, 0.3) is 0 Å². The first-order valence-electron chi connectivity index (χ1n) is 10.6. The van der Waals surface area contributed by atoms with Gasteiger partial charge in [0.1, 0.15) is 17.3 Å². The smallest absolute Gasteiger partial charge is 0.410 e. The number of piperidine rings is 1. The lowest BCUT2D eigenvalue weighted by Gasteiger charge is -2.31. The lowest BCUT2D eigenvalue weighted by molar-refractivity contribution is 0.0656. The number of rotatable bonds is 7. The molecule has 1 saturated heterocycles. The van der Waals surface area contributed by atoms with Crippen LogP contribution in [0.5, 0.6) is 0 Å². The van der Waals surface area contributed by atoms with Crippen molar-refractivity contribution >= 4 is 40.8 Å². The normalized spacial score (nSPS) is 14.2. The number of hydrogen-bond donors (Lipinski definition) is 3. The van der Waals surface area contributed by atoms with Gasteiger partial charge in [0.25, 0.3) is 5.91 Å². The molecule has 0 atom stereocenters. The van der Waals surface area contributed by atoms with E-state index in [2.05, 4.69) is 15.5 Å². The molecule has 2 heterocycles. The molecule has 0 bridgehead atoms.